The zero-order valence-corrected chi connectivity index (χ0v) is 11.1. The van der Waals surface area contributed by atoms with Crippen molar-refractivity contribution >= 4 is 10.9 Å². The molecule has 0 spiro atoms. The molecule has 0 aliphatic heterocycles. The van der Waals surface area contributed by atoms with E-state index in [1.54, 1.807) is 19.2 Å². The molecule has 0 aliphatic rings. The van der Waals surface area contributed by atoms with Crippen molar-refractivity contribution in [3.05, 3.63) is 47.5 Å². The molecule has 3 rings (SSSR count). The molecule has 21 heavy (non-hydrogen) atoms. The van der Waals surface area contributed by atoms with E-state index < -0.39 is 0 Å². The monoisotopic (exact) mass is 275 g/mol. The quantitative estimate of drug-likeness (QED) is 0.716. The smallest absolute Gasteiger partial charge is 0.174 e. The fraction of sp³-hybridized carbons (Fsp3) is 0.0625. The van der Waals surface area contributed by atoms with Gasteiger partial charge in [-0.25, -0.2) is 0 Å². The Balaban J connectivity index is 2.20. The lowest BCUT2D eigenvalue weighted by molar-refractivity contribution is 0.414. The van der Waals surface area contributed by atoms with Crippen molar-refractivity contribution in [2.45, 2.75) is 0 Å². The summed E-state index contributed by atoms with van der Waals surface area (Å²) < 4.78 is 10.5. The minimum Gasteiger partial charge on any atom is -0.497 e. The molecule has 5 nitrogen and oxygen atoms in total. The van der Waals surface area contributed by atoms with Crippen molar-refractivity contribution in [1.29, 1.82) is 10.5 Å². The summed E-state index contributed by atoms with van der Waals surface area (Å²) in [5.74, 6) is 1.31. The van der Waals surface area contributed by atoms with E-state index in [-0.39, 0.29) is 0 Å². The molecule has 0 atom stereocenters. The molecular formula is C16H9N3O2. The summed E-state index contributed by atoms with van der Waals surface area (Å²) in [6.07, 6.45) is 0. The summed E-state index contributed by atoms with van der Waals surface area (Å²) in [6, 6.07) is 14.5. The molecule has 0 bridgehead atoms. The maximum atomic E-state index is 9.11. The number of benzene rings is 2. The number of nitrogens with zero attached hydrogens (tertiary/aromatic N) is 3. The number of fused-ring (bicyclic) bond motifs is 1. The Hall–Kier alpha value is -3.31. The fourth-order valence-corrected chi connectivity index (χ4v) is 2.13. The molecule has 2 aromatic carbocycles. The van der Waals surface area contributed by atoms with Crippen LogP contribution in [0.5, 0.6) is 5.75 Å². The second-order valence-electron chi connectivity index (χ2n) is 4.38. The number of methoxy groups -OCH3 is 1. The maximum Gasteiger partial charge on any atom is 0.174 e. The van der Waals surface area contributed by atoms with Gasteiger partial charge in [0, 0.05) is 5.56 Å². The molecule has 5 heteroatoms. The molecule has 100 valence electrons. The average molecular weight is 275 g/mol. The molecular weight excluding hydrogens is 266 g/mol. The van der Waals surface area contributed by atoms with Gasteiger partial charge in [-0.2, -0.15) is 10.5 Å². The fourth-order valence-electron chi connectivity index (χ4n) is 2.13. The van der Waals surface area contributed by atoms with Gasteiger partial charge in [0.05, 0.1) is 23.6 Å². The van der Waals surface area contributed by atoms with Crippen LogP contribution in [0.4, 0.5) is 0 Å². The second kappa shape index (κ2) is 4.99. The minimum atomic E-state index is 0.291. The van der Waals surface area contributed by atoms with Gasteiger partial charge in [0.2, 0.25) is 0 Å². The number of aromatic nitrogens is 1. The van der Waals surface area contributed by atoms with Gasteiger partial charge in [0.25, 0.3) is 0 Å². The van der Waals surface area contributed by atoms with E-state index in [4.69, 9.17) is 19.8 Å². The van der Waals surface area contributed by atoms with Crippen LogP contribution < -0.4 is 4.74 Å². The average Bonchev–Trinajstić information content (AvgIpc) is 2.96. The predicted molar refractivity (Wildman–Crippen MR) is 75.4 cm³/mol. The van der Waals surface area contributed by atoms with Gasteiger partial charge in [0.1, 0.15) is 23.4 Å². The minimum absolute atomic E-state index is 0.291. The highest BCUT2D eigenvalue weighted by Gasteiger charge is 2.14. The molecule has 0 saturated heterocycles. The molecule has 1 heterocycles. The summed E-state index contributed by atoms with van der Waals surface area (Å²) >= 11 is 0. The van der Waals surface area contributed by atoms with Gasteiger partial charge in [-0.1, -0.05) is 5.16 Å². The van der Waals surface area contributed by atoms with Crippen LogP contribution in [-0.4, -0.2) is 12.3 Å². The third kappa shape index (κ3) is 2.07. The topological polar surface area (TPSA) is 82.8 Å². The summed E-state index contributed by atoms with van der Waals surface area (Å²) in [7, 11) is 1.60. The summed E-state index contributed by atoms with van der Waals surface area (Å²) in [4.78, 5) is 0. The van der Waals surface area contributed by atoms with Gasteiger partial charge >= 0.3 is 0 Å². The van der Waals surface area contributed by atoms with Gasteiger partial charge in [-0.05, 0) is 36.4 Å². The largest absolute Gasteiger partial charge is 0.497 e. The Morgan fingerprint density at radius 1 is 1.05 bits per heavy atom. The van der Waals surface area contributed by atoms with E-state index in [2.05, 4.69) is 5.16 Å². The Labute approximate surface area is 120 Å². The Kier molecular flexibility index (Phi) is 3.02. The highest BCUT2D eigenvalue weighted by atomic mass is 16.5. The van der Waals surface area contributed by atoms with Crippen LogP contribution in [0.25, 0.3) is 22.2 Å². The van der Waals surface area contributed by atoms with Crippen LogP contribution >= 0.6 is 0 Å². The molecule has 0 fully saturated rings. The first-order chi connectivity index (χ1) is 10.3. The Bertz CT molecular complexity index is 896. The normalized spacial score (nSPS) is 10.0. The number of rotatable bonds is 2. The van der Waals surface area contributed by atoms with Gasteiger partial charge in [-0.3, -0.25) is 0 Å². The molecule has 0 unspecified atom stereocenters. The summed E-state index contributed by atoms with van der Waals surface area (Å²) in [6.45, 7) is 0. The van der Waals surface area contributed by atoms with E-state index in [1.807, 2.05) is 36.4 Å². The molecule has 0 amide bonds. The lowest BCUT2D eigenvalue weighted by atomic mass is 10.0. The standard InChI is InChI=1S/C16H9N3O2/c1-20-13-4-2-10(3-5-13)16-14-6-11(8-17)12(9-18)7-15(14)19-21-16/h2-7H,1H3. The molecule has 1 aromatic heterocycles. The van der Waals surface area contributed by atoms with Crippen LogP contribution in [0.3, 0.4) is 0 Å². The van der Waals surface area contributed by atoms with Crippen LogP contribution in [0, 0.1) is 22.7 Å². The van der Waals surface area contributed by atoms with Crippen LogP contribution in [0.15, 0.2) is 40.9 Å². The number of nitriles is 2. The lowest BCUT2D eigenvalue weighted by Gasteiger charge is -2.01. The van der Waals surface area contributed by atoms with Crippen LogP contribution in [-0.2, 0) is 0 Å². The second-order valence-corrected chi connectivity index (χ2v) is 4.38. The van der Waals surface area contributed by atoms with Gasteiger partial charge in [-0.15, -0.1) is 0 Å². The molecule has 0 N–H and O–H groups in total. The summed E-state index contributed by atoms with van der Waals surface area (Å²) in [5.41, 5.74) is 1.98. The Morgan fingerprint density at radius 2 is 1.71 bits per heavy atom. The number of ether oxygens (including phenoxy) is 1. The van der Waals surface area contributed by atoms with Crippen molar-refractivity contribution in [2.75, 3.05) is 7.11 Å². The zero-order chi connectivity index (χ0) is 14.8. The van der Waals surface area contributed by atoms with E-state index in [0.29, 0.717) is 27.8 Å². The van der Waals surface area contributed by atoms with Gasteiger partial charge in [0.15, 0.2) is 5.76 Å². The predicted octanol–water partition coefficient (Wildman–Crippen LogP) is 3.25. The van der Waals surface area contributed by atoms with E-state index in [1.165, 1.54) is 0 Å². The molecule has 0 radical (unpaired) electrons. The van der Waals surface area contributed by atoms with Crippen molar-refractivity contribution < 1.29 is 9.26 Å². The zero-order valence-electron chi connectivity index (χ0n) is 11.1. The van der Waals surface area contributed by atoms with Crippen molar-refractivity contribution in [1.82, 2.24) is 5.16 Å². The maximum absolute atomic E-state index is 9.11. The lowest BCUT2D eigenvalue weighted by Crippen LogP contribution is -1.85. The van der Waals surface area contributed by atoms with E-state index in [0.717, 1.165) is 11.3 Å². The molecule has 3 aromatic rings. The third-order valence-electron chi connectivity index (χ3n) is 3.21. The molecule has 0 saturated carbocycles. The number of hydrogen-bond acceptors (Lipinski definition) is 5. The summed E-state index contributed by atoms with van der Waals surface area (Å²) in [5, 5.41) is 22.8. The van der Waals surface area contributed by atoms with Gasteiger partial charge < -0.3 is 9.26 Å². The highest BCUT2D eigenvalue weighted by Crippen LogP contribution is 2.31. The van der Waals surface area contributed by atoms with E-state index >= 15 is 0 Å². The highest BCUT2D eigenvalue weighted by molar-refractivity contribution is 5.93. The first-order valence-electron chi connectivity index (χ1n) is 6.15. The van der Waals surface area contributed by atoms with Crippen LogP contribution in [0.1, 0.15) is 11.1 Å². The molecule has 0 aliphatic carbocycles. The SMILES string of the molecule is COc1ccc(-c2onc3cc(C#N)c(C#N)cc23)cc1. The van der Waals surface area contributed by atoms with Crippen molar-refractivity contribution in [3.8, 4) is 29.2 Å². The van der Waals surface area contributed by atoms with Crippen molar-refractivity contribution in [2.24, 2.45) is 0 Å². The van der Waals surface area contributed by atoms with Crippen LogP contribution in [0.2, 0.25) is 0 Å². The first-order valence-corrected chi connectivity index (χ1v) is 6.15. The Morgan fingerprint density at radius 3 is 2.33 bits per heavy atom. The van der Waals surface area contributed by atoms with Crippen molar-refractivity contribution in [3.63, 3.8) is 0 Å². The first kappa shape index (κ1) is 12.7. The van der Waals surface area contributed by atoms with E-state index in [9.17, 15) is 0 Å². The number of hydrogen-bond donors (Lipinski definition) is 0. The third-order valence-corrected chi connectivity index (χ3v) is 3.21.